The highest BCUT2D eigenvalue weighted by Crippen LogP contribution is 2.26. The lowest BCUT2D eigenvalue weighted by Crippen LogP contribution is -2.11. The summed E-state index contributed by atoms with van der Waals surface area (Å²) in [7, 11) is -3.75. The van der Waals surface area contributed by atoms with Gasteiger partial charge in [0.2, 0.25) is 0 Å². The number of hydrogen-bond donors (Lipinski definition) is 2. The first kappa shape index (κ1) is 14.6. The average Bonchev–Trinajstić information content (AvgIpc) is 2.80. The zero-order valence-corrected chi connectivity index (χ0v) is 12.2. The number of rotatable bonds is 5. The van der Waals surface area contributed by atoms with E-state index in [0.29, 0.717) is 12.3 Å². The number of ether oxygens (including phenoxy) is 1. The maximum absolute atomic E-state index is 13.6. The van der Waals surface area contributed by atoms with Crippen LogP contribution in [0.15, 0.2) is 33.9 Å². The largest absolute Gasteiger partial charge is 0.491 e. The molecular formula is C12H13FN2O3S2. The predicted octanol–water partition coefficient (Wildman–Crippen LogP) is 2.67. The monoisotopic (exact) mass is 316 g/mol. The van der Waals surface area contributed by atoms with Gasteiger partial charge >= 0.3 is 0 Å². The molecule has 0 aliphatic carbocycles. The average molecular weight is 316 g/mol. The summed E-state index contributed by atoms with van der Waals surface area (Å²) in [6, 6.07) is 5.22. The minimum absolute atomic E-state index is 0.0734. The topological polar surface area (TPSA) is 81.4 Å². The second kappa shape index (κ2) is 5.68. The van der Waals surface area contributed by atoms with Gasteiger partial charge in [-0.05, 0) is 25.1 Å². The van der Waals surface area contributed by atoms with Gasteiger partial charge in [0.1, 0.15) is 4.21 Å². The Morgan fingerprint density at radius 3 is 2.70 bits per heavy atom. The van der Waals surface area contributed by atoms with Gasteiger partial charge < -0.3 is 10.5 Å². The van der Waals surface area contributed by atoms with Crippen molar-refractivity contribution in [2.24, 2.45) is 0 Å². The van der Waals surface area contributed by atoms with Crippen molar-refractivity contribution >= 4 is 32.7 Å². The molecular weight excluding hydrogens is 303 g/mol. The number of sulfonamides is 1. The summed E-state index contributed by atoms with van der Waals surface area (Å²) in [5, 5.41) is 1.52. The van der Waals surface area contributed by atoms with Crippen LogP contribution in [0.2, 0.25) is 0 Å². The Bertz CT molecular complexity index is 713. The van der Waals surface area contributed by atoms with E-state index < -0.39 is 15.8 Å². The second-order valence-corrected chi connectivity index (χ2v) is 6.70. The number of nitrogens with two attached hydrogens (primary N) is 1. The normalized spacial score (nSPS) is 11.3. The van der Waals surface area contributed by atoms with Gasteiger partial charge in [-0.2, -0.15) is 0 Å². The Balaban J connectivity index is 2.24. The smallest absolute Gasteiger partial charge is 0.271 e. The van der Waals surface area contributed by atoms with Gasteiger partial charge in [0.25, 0.3) is 10.0 Å². The number of halogens is 1. The van der Waals surface area contributed by atoms with Gasteiger partial charge in [-0.1, -0.05) is 0 Å². The molecule has 2 aromatic rings. The standard InChI is InChI=1S/C12H13FN2O3S2/c1-2-18-11-4-3-9(6-10(11)13)15-20(16,17)12-5-8(14)7-19-12/h3-7,15H,2,14H2,1H3. The Hall–Kier alpha value is -1.80. The maximum Gasteiger partial charge on any atom is 0.271 e. The number of nitrogen functional groups attached to an aromatic ring is 1. The number of benzene rings is 1. The molecule has 0 saturated carbocycles. The zero-order valence-electron chi connectivity index (χ0n) is 10.6. The molecule has 1 heterocycles. The Morgan fingerprint density at radius 1 is 1.40 bits per heavy atom. The SMILES string of the molecule is CCOc1ccc(NS(=O)(=O)c2cc(N)cs2)cc1F. The lowest BCUT2D eigenvalue weighted by Gasteiger charge is -2.09. The van der Waals surface area contributed by atoms with Crippen molar-refractivity contribution in [1.82, 2.24) is 0 Å². The van der Waals surface area contributed by atoms with E-state index in [0.717, 1.165) is 17.4 Å². The third-order valence-corrected chi connectivity index (χ3v) is 5.18. The van der Waals surface area contributed by atoms with Crippen LogP contribution in [-0.4, -0.2) is 15.0 Å². The summed E-state index contributed by atoms with van der Waals surface area (Å²) in [6.45, 7) is 2.06. The molecule has 8 heteroatoms. The summed E-state index contributed by atoms with van der Waals surface area (Å²) < 4.78 is 45.1. The Labute approximate surface area is 120 Å². The lowest BCUT2D eigenvalue weighted by atomic mass is 10.3. The molecule has 0 aliphatic heterocycles. The molecule has 5 nitrogen and oxygen atoms in total. The molecule has 108 valence electrons. The Kier molecular flexibility index (Phi) is 4.15. The minimum Gasteiger partial charge on any atom is -0.491 e. The van der Waals surface area contributed by atoms with Gasteiger partial charge in [-0.3, -0.25) is 4.72 Å². The van der Waals surface area contributed by atoms with Crippen LogP contribution in [0.5, 0.6) is 5.75 Å². The molecule has 0 amide bonds. The van der Waals surface area contributed by atoms with Crippen molar-refractivity contribution in [3.63, 3.8) is 0 Å². The van der Waals surface area contributed by atoms with Crippen molar-refractivity contribution in [2.45, 2.75) is 11.1 Å². The van der Waals surface area contributed by atoms with Gasteiger partial charge in [-0.15, -0.1) is 11.3 Å². The summed E-state index contributed by atoms with van der Waals surface area (Å²) in [4.78, 5) is 0. The molecule has 2 rings (SSSR count). The number of nitrogens with one attached hydrogen (secondary N) is 1. The van der Waals surface area contributed by atoms with Crippen LogP contribution in [0.1, 0.15) is 6.92 Å². The van der Waals surface area contributed by atoms with E-state index in [1.807, 2.05) is 0 Å². The molecule has 20 heavy (non-hydrogen) atoms. The highest BCUT2D eigenvalue weighted by molar-refractivity contribution is 7.94. The fourth-order valence-corrected chi connectivity index (χ4v) is 3.64. The molecule has 1 aromatic heterocycles. The van der Waals surface area contributed by atoms with E-state index in [1.54, 1.807) is 6.92 Å². The van der Waals surface area contributed by atoms with E-state index in [2.05, 4.69) is 4.72 Å². The maximum atomic E-state index is 13.6. The Morgan fingerprint density at radius 2 is 2.15 bits per heavy atom. The molecule has 1 aromatic carbocycles. The van der Waals surface area contributed by atoms with Crippen molar-refractivity contribution in [3.05, 3.63) is 35.5 Å². The fraction of sp³-hybridized carbons (Fsp3) is 0.167. The highest BCUT2D eigenvalue weighted by Gasteiger charge is 2.17. The number of hydrogen-bond acceptors (Lipinski definition) is 5. The minimum atomic E-state index is -3.75. The van der Waals surface area contributed by atoms with E-state index in [-0.39, 0.29) is 15.6 Å². The zero-order chi connectivity index (χ0) is 14.8. The first-order valence-corrected chi connectivity index (χ1v) is 8.08. The van der Waals surface area contributed by atoms with E-state index in [1.165, 1.54) is 23.6 Å². The van der Waals surface area contributed by atoms with Gasteiger partial charge in [0.15, 0.2) is 11.6 Å². The van der Waals surface area contributed by atoms with Crippen molar-refractivity contribution in [1.29, 1.82) is 0 Å². The summed E-state index contributed by atoms with van der Waals surface area (Å²) in [5.74, 6) is -0.548. The van der Waals surface area contributed by atoms with Crippen LogP contribution in [0, 0.1) is 5.82 Å². The quantitative estimate of drug-likeness (QED) is 0.888. The molecule has 0 saturated heterocycles. The van der Waals surface area contributed by atoms with Gasteiger partial charge in [-0.25, -0.2) is 12.8 Å². The predicted molar refractivity (Wildman–Crippen MR) is 77.1 cm³/mol. The number of thiophene rings is 1. The first-order chi connectivity index (χ1) is 9.42. The molecule has 3 N–H and O–H groups in total. The van der Waals surface area contributed by atoms with Crippen molar-refractivity contribution < 1.29 is 17.5 Å². The van der Waals surface area contributed by atoms with E-state index in [4.69, 9.17) is 10.5 Å². The molecule has 0 aliphatic rings. The number of anilines is 2. The summed E-state index contributed by atoms with van der Waals surface area (Å²) in [5.41, 5.74) is 5.98. The van der Waals surface area contributed by atoms with Crippen LogP contribution < -0.4 is 15.2 Å². The van der Waals surface area contributed by atoms with Crippen LogP contribution in [0.25, 0.3) is 0 Å². The molecule has 0 fully saturated rings. The molecule has 0 spiro atoms. The third kappa shape index (κ3) is 3.20. The van der Waals surface area contributed by atoms with Crippen LogP contribution in [0.3, 0.4) is 0 Å². The van der Waals surface area contributed by atoms with Crippen molar-refractivity contribution in [2.75, 3.05) is 17.1 Å². The van der Waals surface area contributed by atoms with Crippen LogP contribution in [-0.2, 0) is 10.0 Å². The van der Waals surface area contributed by atoms with Crippen LogP contribution >= 0.6 is 11.3 Å². The molecule has 0 radical (unpaired) electrons. The summed E-state index contributed by atoms with van der Waals surface area (Å²) in [6.07, 6.45) is 0. The lowest BCUT2D eigenvalue weighted by molar-refractivity contribution is 0.321. The van der Waals surface area contributed by atoms with Crippen LogP contribution in [0.4, 0.5) is 15.8 Å². The molecule has 0 bridgehead atoms. The van der Waals surface area contributed by atoms with Gasteiger partial charge in [0, 0.05) is 17.1 Å². The summed E-state index contributed by atoms with van der Waals surface area (Å²) >= 11 is 0.997. The highest BCUT2D eigenvalue weighted by atomic mass is 32.2. The van der Waals surface area contributed by atoms with E-state index in [9.17, 15) is 12.8 Å². The second-order valence-electron chi connectivity index (χ2n) is 3.88. The fourth-order valence-electron chi connectivity index (χ4n) is 1.51. The first-order valence-electron chi connectivity index (χ1n) is 5.71. The third-order valence-electron chi connectivity index (χ3n) is 2.34. The molecule has 0 atom stereocenters. The van der Waals surface area contributed by atoms with Gasteiger partial charge in [0.05, 0.1) is 12.3 Å². The molecule has 0 unspecified atom stereocenters. The van der Waals surface area contributed by atoms with Crippen molar-refractivity contribution in [3.8, 4) is 5.75 Å². The van der Waals surface area contributed by atoms with E-state index >= 15 is 0 Å².